The van der Waals surface area contributed by atoms with Crippen molar-refractivity contribution in [2.75, 3.05) is 24.5 Å². The second-order valence-electron chi connectivity index (χ2n) is 7.34. The first-order valence-corrected chi connectivity index (χ1v) is 10.3. The van der Waals surface area contributed by atoms with Gasteiger partial charge >= 0.3 is 0 Å². The summed E-state index contributed by atoms with van der Waals surface area (Å²) >= 11 is 0. The second-order valence-corrected chi connectivity index (χ2v) is 7.34. The number of benzene rings is 2. The number of aryl methyl sites for hydroxylation is 1. The zero-order valence-corrected chi connectivity index (χ0v) is 16.6. The Morgan fingerprint density at radius 1 is 0.931 bits per heavy atom. The molecule has 2 heterocycles. The Kier molecular flexibility index (Phi) is 6.15. The van der Waals surface area contributed by atoms with E-state index in [1.807, 2.05) is 54.6 Å². The first-order valence-electron chi connectivity index (χ1n) is 10.3. The minimum atomic E-state index is -0.141. The molecule has 2 aromatic carbocycles. The van der Waals surface area contributed by atoms with Crippen molar-refractivity contribution in [1.82, 2.24) is 15.3 Å². The van der Waals surface area contributed by atoms with Gasteiger partial charge in [0.25, 0.3) is 5.91 Å². The molecule has 1 aromatic heterocycles. The fourth-order valence-corrected chi connectivity index (χ4v) is 3.60. The summed E-state index contributed by atoms with van der Waals surface area (Å²) in [7, 11) is 0. The zero-order chi connectivity index (χ0) is 19.9. The van der Waals surface area contributed by atoms with Crippen molar-refractivity contribution >= 4 is 11.7 Å². The largest absolute Gasteiger partial charge is 0.356 e. The number of hydrogen-bond acceptors (Lipinski definition) is 4. The molecule has 0 saturated carbocycles. The Bertz CT molecular complexity index is 938. The Morgan fingerprint density at radius 3 is 2.34 bits per heavy atom. The van der Waals surface area contributed by atoms with Gasteiger partial charge in [0.05, 0.1) is 0 Å². The molecule has 5 nitrogen and oxygen atoms in total. The van der Waals surface area contributed by atoms with Crippen molar-refractivity contribution < 1.29 is 4.79 Å². The summed E-state index contributed by atoms with van der Waals surface area (Å²) in [4.78, 5) is 24.3. The van der Waals surface area contributed by atoms with Gasteiger partial charge in [-0.15, -0.1) is 0 Å². The number of nitrogens with one attached hydrogen (secondary N) is 1. The lowest BCUT2D eigenvalue weighted by molar-refractivity contribution is 0.0948. The monoisotopic (exact) mass is 386 g/mol. The summed E-state index contributed by atoms with van der Waals surface area (Å²) in [5, 5.41) is 3.02. The highest BCUT2D eigenvalue weighted by Crippen LogP contribution is 2.23. The highest BCUT2D eigenvalue weighted by molar-refractivity contribution is 5.93. The molecule has 1 amide bonds. The number of carbonyl (C=O) groups excluding carboxylic acids is 1. The molecule has 0 unspecified atom stereocenters. The SMILES string of the molecule is O=C(NCCCc1ccccc1)c1cc(N2CCCC2)nc(-c2ccccc2)n1. The van der Waals surface area contributed by atoms with Crippen LogP contribution in [-0.4, -0.2) is 35.5 Å². The Labute approximate surface area is 171 Å². The highest BCUT2D eigenvalue weighted by Gasteiger charge is 2.19. The number of hydrogen-bond donors (Lipinski definition) is 1. The Balaban J connectivity index is 1.47. The van der Waals surface area contributed by atoms with Crippen LogP contribution in [0, 0.1) is 0 Å². The van der Waals surface area contributed by atoms with Crippen molar-refractivity contribution in [2.45, 2.75) is 25.7 Å². The average Bonchev–Trinajstić information content (AvgIpc) is 3.33. The molecule has 0 atom stereocenters. The van der Waals surface area contributed by atoms with Gasteiger partial charge in [0.1, 0.15) is 11.5 Å². The molecule has 0 aliphatic carbocycles. The van der Waals surface area contributed by atoms with Crippen molar-refractivity contribution in [1.29, 1.82) is 0 Å². The van der Waals surface area contributed by atoms with E-state index in [1.165, 1.54) is 5.56 Å². The maximum absolute atomic E-state index is 12.8. The van der Waals surface area contributed by atoms with Gasteiger partial charge < -0.3 is 10.2 Å². The van der Waals surface area contributed by atoms with E-state index >= 15 is 0 Å². The lowest BCUT2D eigenvalue weighted by Crippen LogP contribution is -2.27. The van der Waals surface area contributed by atoms with E-state index in [9.17, 15) is 4.79 Å². The first-order chi connectivity index (χ1) is 14.3. The summed E-state index contributed by atoms with van der Waals surface area (Å²) in [5.74, 6) is 1.30. The van der Waals surface area contributed by atoms with Crippen molar-refractivity contribution in [2.24, 2.45) is 0 Å². The molecule has 1 saturated heterocycles. The van der Waals surface area contributed by atoms with Crippen LogP contribution in [0.1, 0.15) is 35.3 Å². The fourth-order valence-electron chi connectivity index (χ4n) is 3.60. The van der Waals surface area contributed by atoms with Crippen LogP contribution < -0.4 is 10.2 Å². The Hall–Kier alpha value is -3.21. The lowest BCUT2D eigenvalue weighted by atomic mass is 10.1. The topological polar surface area (TPSA) is 58.1 Å². The molecule has 1 aliphatic heterocycles. The number of carbonyl (C=O) groups is 1. The molecule has 1 N–H and O–H groups in total. The van der Waals surface area contributed by atoms with Crippen LogP contribution in [0.15, 0.2) is 66.7 Å². The molecular weight excluding hydrogens is 360 g/mol. The number of nitrogens with zero attached hydrogens (tertiary/aromatic N) is 3. The smallest absolute Gasteiger partial charge is 0.270 e. The van der Waals surface area contributed by atoms with Crippen molar-refractivity contribution in [3.63, 3.8) is 0 Å². The van der Waals surface area contributed by atoms with E-state index in [-0.39, 0.29) is 5.91 Å². The summed E-state index contributed by atoms with van der Waals surface area (Å²) < 4.78 is 0. The fraction of sp³-hybridized carbons (Fsp3) is 0.292. The van der Waals surface area contributed by atoms with Crippen molar-refractivity contribution in [3.05, 3.63) is 78.0 Å². The van der Waals surface area contributed by atoms with E-state index < -0.39 is 0 Å². The van der Waals surface area contributed by atoms with Gasteiger partial charge in [0.15, 0.2) is 5.82 Å². The number of aromatic nitrogens is 2. The second kappa shape index (κ2) is 9.32. The Morgan fingerprint density at radius 2 is 1.62 bits per heavy atom. The minimum absolute atomic E-state index is 0.141. The summed E-state index contributed by atoms with van der Waals surface area (Å²) in [6.45, 7) is 2.57. The third kappa shape index (κ3) is 4.99. The van der Waals surface area contributed by atoms with Crippen LogP contribution in [-0.2, 0) is 6.42 Å². The van der Waals surface area contributed by atoms with Gasteiger partial charge in [-0.2, -0.15) is 0 Å². The van der Waals surface area contributed by atoms with E-state index in [0.29, 0.717) is 18.1 Å². The predicted molar refractivity (Wildman–Crippen MR) is 116 cm³/mol. The van der Waals surface area contributed by atoms with E-state index in [2.05, 4.69) is 27.3 Å². The normalized spacial score (nSPS) is 13.4. The van der Waals surface area contributed by atoms with Crippen LogP contribution in [0.25, 0.3) is 11.4 Å². The van der Waals surface area contributed by atoms with Gasteiger partial charge in [-0.05, 0) is 31.2 Å². The molecule has 29 heavy (non-hydrogen) atoms. The molecule has 0 bridgehead atoms. The lowest BCUT2D eigenvalue weighted by Gasteiger charge is -2.18. The maximum Gasteiger partial charge on any atom is 0.270 e. The summed E-state index contributed by atoms with van der Waals surface area (Å²) in [6.07, 6.45) is 4.15. The highest BCUT2D eigenvalue weighted by atomic mass is 16.1. The maximum atomic E-state index is 12.8. The molecule has 0 radical (unpaired) electrons. The number of anilines is 1. The quantitative estimate of drug-likeness (QED) is 0.621. The van der Waals surface area contributed by atoms with Gasteiger partial charge in [-0.25, -0.2) is 9.97 Å². The number of amides is 1. The molecular formula is C24H26N4O. The standard InChI is InChI=1S/C24H26N4O/c29-24(25-15-9-12-19-10-3-1-4-11-19)21-18-22(28-16-7-8-17-28)27-23(26-21)20-13-5-2-6-14-20/h1-6,10-11,13-14,18H,7-9,12,15-17H2,(H,25,29). The van der Waals surface area contributed by atoms with E-state index in [1.54, 1.807) is 0 Å². The average molecular weight is 386 g/mol. The van der Waals surface area contributed by atoms with Gasteiger partial charge in [-0.3, -0.25) is 4.79 Å². The van der Waals surface area contributed by atoms with Crippen LogP contribution >= 0.6 is 0 Å². The molecule has 1 fully saturated rings. The molecule has 4 rings (SSSR count). The predicted octanol–water partition coefficient (Wildman–Crippen LogP) is 4.11. The number of rotatable bonds is 7. The van der Waals surface area contributed by atoms with Crippen LogP contribution in [0.5, 0.6) is 0 Å². The minimum Gasteiger partial charge on any atom is -0.356 e. The molecule has 5 heteroatoms. The summed E-state index contributed by atoms with van der Waals surface area (Å²) in [5.41, 5.74) is 2.64. The van der Waals surface area contributed by atoms with Crippen LogP contribution in [0.4, 0.5) is 5.82 Å². The third-order valence-electron chi connectivity index (χ3n) is 5.18. The summed E-state index contributed by atoms with van der Waals surface area (Å²) in [6, 6.07) is 22.0. The molecule has 3 aromatic rings. The van der Waals surface area contributed by atoms with Crippen molar-refractivity contribution in [3.8, 4) is 11.4 Å². The van der Waals surface area contributed by atoms with E-state index in [0.717, 1.165) is 50.2 Å². The zero-order valence-electron chi connectivity index (χ0n) is 16.6. The molecule has 1 aliphatic rings. The van der Waals surface area contributed by atoms with E-state index in [4.69, 9.17) is 4.98 Å². The van der Waals surface area contributed by atoms with Crippen LogP contribution in [0.2, 0.25) is 0 Å². The van der Waals surface area contributed by atoms with Gasteiger partial charge in [0.2, 0.25) is 0 Å². The van der Waals surface area contributed by atoms with Gasteiger partial charge in [-0.1, -0.05) is 60.7 Å². The van der Waals surface area contributed by atoms with Crippen LogP contribution in [0.3, 0.4) is 0 Å². The van der Waals surface area contributed by atoms with Gasteiger partial charge in [0, 0.05) is 31.3 Å². The third-order valence-corrected chi connectivity index (χ3v) is 5.18. The molecule has 148 valence electrons. The first kappa shape index (κ1) is 19.1. The molecule has 0 spiro atoms.